The van der Waals surface area contributed by atoms with E-state index in [0.29, 0.717) is 18.2 Å². The lowest BCUT2D eigenvalue weighted by molar-refractivity contribution is 0.109. The molecule has 23 heavy (non-hydrogen) atoms. The van der Waals surface area contributed by atoms with E-state index in [9.17, 15) is 0 Å². The number of piperidine rings is 1. The predicted octanol–water partition coefficient (Wildman–Crippen LogP) is 2.08. The lowest BCUT2D eigenvalue weighted by Gasteiger charge is -2.35. The Kier molecular flexibility index (Phi) is 5.22. The summed E-state index contributed by atoms with van der Waals surface area (Å²) < 4.78 is 7.71. The van der Waals surface area contributed by atoms with Crippen LogP contribution in [0.3, 0.4) is 0 Å². The van der Waals surface area contributed by atoms with Crippen LogP contribution in [0.4, 0.5) is 0 Å². The summed E-state index contributed by atoms with van der Waals surface area (Å²) in [5.74, 6) is 0.758. The Balaban J connectivity index is 1.52. The molecule has 0 saturated carbocycles. The van der Waals surface area contributed by atoms with Crippen LogP contribution in [0, 0.1) is 11.3 Å². The molecular weight excluding hydrogens is 290 g/mol. The average molecular weight is 311 g/mol. The normalized spacial score (nSPS) is 18.5. The van der Waals surface area contributed by atoms with Crippen LogP contribution in [0.25, 0.3) is 0 Å². The molecule has 2 aromatic rings. The summed E-state index contributed by atoms with van der Waals surface area (Å²) in [7, 11) is 0. The topological polar surface area (TPSA) is 67.0 Å². The van der Waals surface area contributed by atoms with E-state index >= 15 is 0 Å². The third-order valence-corrected chi connectivity index (χ3v) is 4.22. The van der Waals surface area contributed by atoms with Gasteiger partial charge in [-0.05, 0) is 37.6 Å². The highest BCUT2D eigenvalue weighted by Gasteiger charge is 2.22. The molecule has 0 bridgehead atoms. The van der Waals surface area contributed by atoms with E-state index in [-0.39, 0.29) is 0 Å². The average Bonchev–Trinajstić information content (AvgIpc) is 3.10. The molecule has 0 amide bonds. The largest absolute Gasteiger partial charge is 0.492 e. The van der Waals surface area contributed by atoms with Crippen molar-refractivity contribution in [1.82, 2.24) is 19.7 Å². The molecule has 0 N–H and O–H groups in total. The number of nitriles is 1. The zero-order valence-electron chi connectivity index (χ0n) is 13.1. The Labute approximate surface area is 136 Å². The number of aromatic nitrogens is 3. The molecule has 3 rings (SSSR count). The Bertz CT molecular complexity index is 649. The maximum atomic E-state index is 8.92. The van der Waals surface area contributed by atoms with Crippen molar-refractivity contribution in [2.24, 2.45) is 0 Å². The monoisotopic (exact) mass is 311 g/mol. The molecule has 0 radical (unpaired) electrons. The first-order chi connectivity index (χ1) is 11.3. The highest BCUT2D eigenvalue weighted by atomic mass is 16.5. The third kappa shape index (κ3) is 4.30. The van der Waals surface area contributed by atoms with Crippen LogP contribution < -0.4 is 4.74 Å². The molecule has 6 heteroatoms. The Morgan fingerprint density at radius 2 is 2.30 bits per heavy atom. The molecule has 1 atom stereocenters. The maximum absolute atomic E-state index is 8.92. The molecule has 0 aliphatic carbocycles. The van der Waals surface area contributed by atoms with Crippen LogP contribution in [-0.4, -0.2) is 45.4 Å². The first-order valence-corrected chi connectivity index (χ1v) is 8.04. The van der Waals surface area contributed by atoms with Gasteiger partial charge < -0.3 is 4.74 Å². The zero-order chi connectivity index (χ0) is 15.9. The van der Waals surface area contributed by atoms with Crippen molar-refractivity contribution >= 4 is 0 Å². The van der Waals surface area contributed by atoms with Crippen LogP contribution in [0.1, 0.15) is 24.8 Å². The number of benzene rings is 1. The van der Waals surface area contributed by atoms with Crippen molar-refractivity contribution in [2.75, 3.05) is 19.7 Å². The van der Waals surface area contributed by atoms with Crippen molar-refractivity contribution in [2.45, 2.75) is 31.8 Å². The van der Waals surface area contributed by atoms with E-state index in [1.54, 1.807) is 24.8 Å². The number of rotatable bonds is 6. The summed E-state index contributed by atoms with van der Waals surface area (Å²) in [6.45, 7) is 3.49. The summed E-state index contributed by atoms with van der Waals surface area (Å²) in [5, 5.41) is 13.1. The molecule has 1 aliphatic rings. The van der Waals surface area contributed by atoms with Crippen LogP contribution >= 0.6 is 0 Å². The lowest BCUT2D eigenvalue weighted by atomic mass is 10.0. The fourth-order valence-electron chi connectivity index (χ4n) is 3.04. The zero-order valence-corrected chi connectivity index (χ0v) is 13.1. The molecule has 1 aromatic carbocycles. The van der Waals surface area contributed by atoms with E-state index in [4.69, 9.17) is 10.00 Å². The summed E-state index contributed by atoms with van der Waals surface area (Å²) >= 11 is 0. The van der Waals surface area contributed by atoms with Gasteiger partial charge in [0.25, 0.3) is 0 Å². The van der Waals surface area contributed by atoms with Gasteiger partial charge in [0.15, 0.2) is 0 Å². The second-order valence-electron chi connectivity index (χ2n) is 5.79. The molecule has 120 valence electrons. The Morgan fingerprint density at radius 3 is 3.13 bits per heavy atom. The summed E-state index contributed by atoms with van der Waals surface area (Å²) in [5.41, 5.74) is 0.629. The fourth-order valence-corrected chi connectivity index (χ4v) is 3.04. The quantitative estimate of drug-likeness (QED) is 0.817. The van der Waals surface area contributed by atoms with E-state index < -0.39 is 0 Å². The first-order valence-electron chi connectivity index (χ1n) is 8.04. The minimum atomic E-state index is 0.486. The van der Waals surface area contributed by atoms with Gasteiger partial charge >= 0.3 is 0 Å². The minimum absolute atomic E-state index is 0.486. The van der Waals surface area contributed by atoms with Gasteiger partial charge in [-0.2, -0.15) is 10.4 Å². The van der Waals surface area contributed by atoms with E-state index in [1.807, 2.05) is 16.8 Å². The SMILES string of the molecule is N#Cc1cccc(OCCN2CCCC[C@H]2Cn2cncn2)c1. The number of hydrogen-bond donors (Lipinski definition) is 0. The third-order valence-electron chi connectivity index (χ3n) is 4.22. The summed E-state index contributed by atoms with van der Waals surface area (Å²) in [6, 6.07) is 9.93. The van der Waals surface area contributed by atoms with Crippen molar-refractivity contribution in [3.05, 3.63) is 42.5 Å². The molecule has 1 aromatic heterocycles. The number of likely N-dealkylation sites (tertiary alicyclic amines) is 1. The Hall–Kier alpha value is -2.39. The number of hydrogen-bond acceptors (Lipinski definition) is 5. The molecule has 1 saturated heterocycles. The highest BCUT2D eigenvalue weighted by molar-refractivity contribution is 5.36. The van der Waals surface area contributed by atoms with Gasteiger partial charge in [0.2, 0.25) is 0 Å². The summed E-state index contributed by atoms with van der Waals surface area (Å²) in [4.78, 5) is 6.48. The van der Waals surface area contributed by atoms with Crippen molar-refractivity contribution in [3.63, 3.8) is 0 Å². The molecule has 0 spiro atoms. The van der Waals surface area contributed by atoms with Crippen LogP contribution in [-0.2, 0) is 6.54 Å². The molecule has 6 nitrogen and oxygen atoms in total. The van der Waals surface area contributed by atoms with E-state index in [0.717, 1.165) is 25.4 Å². The van der Waals surface area contributed by atoms with Gasteiger partial charge in [0.1, 0.15) is 25.0 Å². The molecule has 2 heterocycles. The number of ether oxygens (including phenoxy) is 1. The van der Waals surface area contributed by atoms with Crippen LogP contribution in [0.15, 0.2) is 36.9 Å². The van der Waals surface area contributed by atoms with E-state index in [1.165, 1.54) is 19.3 Å². The van der Waals surface area contributed by atoms with Crippen LogP contribution in [0.2, 0.25) is 0 Å². The van der Waals surface area contributed by atoms with Gasteiger partial charge in [-0.1, -0.05) is 12.5 Å². The summed E-state index contributed by atoms with van der Waals surface area (Å²) in [6.07, 6.45) is 7.04. The van der Waals surface area contributed by atoms with Gasteiger partial charge in [-0.3, -0.25) is 9.58 Å². The first kappa shape index (κ1) is 15.5. The van der Waals surface area contributed by atoms with E-state index in [2.05, 4.69) is 21.1 Å². The Morgan fingerprint density at radius 1 is 1.35 bits per heavy atom. The van der Waals surface area contributed by atoms with Crippen molar-refractivity contribution in [1.29, 1.82) is 5.26 Å². The second-order valence-corrected chi connectivity index (χ2v) is 5.79. The molecule has 0 unspecified atom stereocenters. The van der Waals surface area contributed by atoms with Gasteiger partial charge in [-0.25, -0.2) is 4.98 Å². The second kappa shape index (κ2) is 7.75. The molecule has 1 aliphatic heterocycles. The van der Waals surface area contributed by atoms with Crippen molar-refractivity contribution < 1.29 is 4.74 Å². The fraction of sp³-hybridized carbons (Fsp3) is 0.471. The minimum Gasteiger partial charge on any atom is -0.492 e. The van der Waals surface area contributed by atoms with Crippen molar-refractivity contribution in [3.8, 4) is 11.8 Å². The molecular formula is C17H21N5O. The highest BCUT2D eigenvalue weighted by Crippen LogP contribution is 2.18. The standard InChI is InChI=1S/C17H21N5O/c18-11-15-4-3-6-17(10-15)23-9-8-21-7-2-1-5-16(21)12-22-14-19-13-20-22/h3-4,6,10,13-14,16H,1-2,5,7-9,12H2/t16-/m0/s1. The molecule has 1 fully saturated rings. The lowest BCUT2D eigenvalue weighted by Crippen LogP contribution is -2.44. The van der Waals surface area contributed by atoms with Crippen LogP contribution in [0.5, 0.6) is 5.75 Å². The van der Waals surface area contributed by atoms with Gasteiger partial charge in [0, 0.05) is 12.6 Å². The number of nitrogens with zero attached hydrogens (tertiary/aromatic N) is 5. The maximum Gasteiger partial charge on any atom is 0.137 e. The van der Waals surface area contributed by atoms with Gasteiger partial charge in [-0.15, -0.1) is 0 Å². The predicted molar refractivity (Wildman–Crippen MR) is 85.9 cm³/mol. The smallest absolute Gasteiger partial charge is 0.137 e. The van der Waals surface area contributed by atoms with Gasteiger partial charge in [0.05, 0.1) is 18.2 Å².